The third-order valence-electron chi connectivity index (χ3n) is 3.03. The lowest BCUT2D eigenvalue weighted by molar-refractivity contribution is -0.122. The van der Waals surface area contributed by atoms with Gasteiger partial charge in [0.05, 0.1) is 11.8 Å². The molecule has 0 aliphatic rings. The fraction of sp³-hybridized carbons (Fsp3) is 0.267. The molecule has 1 heterocycles. The molecule has 21 heavy (non-hydrogen) atoms. The Bertz CT molecular complexity index is 672. The van der Waals surface area contributed by atoms with Crippen LogP contribution in [-0.2, 0) is 11.2 Å². The minimum Gasteiger partial charge on any atom is -0.480 e. The van der Waals surface area contributed by atoms with Gasteiger partial charge in [-0.25, -0.2) is 0 Å². The van der Waals surface area contributed by atoms with Crippen LogP contribution in [0.2, 0.25) is 0 Å². The van der Waals surface area contributed by atoms with E-state index in [-0.39, 0.29) is 5.91 Å². The topological polar surface area (TPSA) is 90.8 Å². The minimum atomic E-state index is -0.729. The normalized spacial score (nSPS) is 11.5. The molecule has 2 N–H and O–H groups in total. The molecular weight excluding hydrogens is 268 g/mol. The van der Waals surface area contributed by atoms with Crippen LogP contribution in [0.5, 0.6) is 5.75 Å². The molecule has 0 bridgehead atoms. The third kappa shape index (κ3) is 3.39. The predicted octanol–water partition coefficient (Wildman–Crippen LogP) is 2.25. The first-order valence-electron chi connectivity index (χ1n) is 6.64. The Hall–Kier alpha value is -2.81. The summed E-state index contributed by atoms with van der Waals surface area (Å²) in [5, 5.41) is 18.4. The maximum Gasteiger partial charge on any atom is 0.266 e. The van der Waals surface area contributed by atoms with Crippen LogP contribution >= 0.6 is 0 Å². The third-order valence-corrected chi connectivity index (χ3v) is 3.03. The quantitative estimate of drug-likeness (QED) is 0.881. The summed E-state index contributed by atoms with van der Waals surface area (Å²) in [7, 11) is 0. The summed E-state index contributed by atoms with van der Waals surface area (Å²) in [4.78, 5) is 12.1. The molecule has 108 valence electrons. The number of hydrogen-bond donors (Lipinski definition) is 2. The van der Waals surface area contributed by atoms with E-state index in [0.717, 1.165) is 12.0 Å². The molecule has 0 radical (unpaired) electrons. The van der Waals surface area contributed by atoms with E-state index in [4.69, 9.17) is 10.00 Å². The first-order chi connectivity index (χ1) is 10.2. The first kappa shape index (κ1) is 14.6. The molecule has 1 aromatic heterocycles. The summed E-state index contributed by atoms with van der Waals surface area (Å²) >= 11 is 0. The number of aryl methyl sites for hydroxylation is 1. The van der Waals surface area contributed by atoms with E-state index < -0.39 is 6.10 Å². The molecule has 1 unspecified atom stereocenters. The van der Waals surface area contributed by atoms with Gasteiger partial charge in [0.1, 0.15) is 17.6 Å². The van der Waals surface area contributed by atoms with Gasteiger partial charge < -0.3 is 10.1 Å². The van der Waals surface area contributed by atoms with Crippen LogP contribution in [0.15, 0.2) is 30.5 Å². The molecule has 2 rings (SSSR count). The Balaban J connectivity index is 2.05. The number of carbonyl (C=O) groups is 1. The van der Waals surface area contributed by atoms with Crippen molar-refractivity contribution in [2.75, 3.05) is 5.32 Å². The number of nitrogens with zero attached hydrogens (tertiary/aromatic N) is 2. The average molecular weight is 284 g/mol. The molecule has 1 amide bonds. The zero-order chi connectivity index (χ0) is 15.2. The molecule has 0 saturated heterocycles. The van der Waals surface area contributed by atoms with Gasteiger partial charge >= 0.3 is 0 Å². The van der Waals surface area contributed by atoms with E-state index in [9.17, 15) is 4.79 Å². The largest absolute Gasteiger partial charge is 0.480 e. The van der Waals surface area contributed by atoms with E-state index in [1.807, 2.05) is 13.0 Å². The minimum absolute atomic E-state index is 0.304. The number of hydrogen-bond acceptors (Lipinski definition) is 4. The van der Waals surface area contributed by atoms with Gasteiger partial charge in [-0.1, -0.05) is 19.1 Å². The van der Waals surface area contributed by atoms with Crippen molar-refractivity contribution >= 4 is 11.7 Å². The van der Waals surface area contributed by atoms with Gasteiger partial charge in [0.25, 0.3) is 5.91 Å². The number of rotatable bonds is 5. The second-order valence-electron chi connectivity index (χ2n) is 4.48. The van der Waals surface area contributed by atoms with Crippen molar-refractivity contribution in [3.05, 3.63) is 41.6 Å². The maximum atomic E-state index is 12.1. The van der Waals surface area contributed by atoms with Crippen molar-refractivity contribution in [3.8, 4) is 11.8 Å². The second-order valence-corrected chi connectivity index (χ2v) is 4.48. The van der Waals surface area contributed by atoms with Crippen LogP contribution in [0.4, 0.5) is 5.82 Å². The number of aromatic amines is 1. The Morgan fingerprint density at radius 1 is 1.52 bits per heavy atom. The smallest absolute Gasteiger partial charge is 0.266 e. The maximum absolute atomic E-state index is 12.1. The van der Waals surface area contributed by atoms with Crippen molar-refractivity contribution in [1.82, 2.24) is 10.2 Å². The number of nitrogens with one attached hydrogen (secondary N) is 2. The SMILES string of the molecule is CCc1cn[nH]c1NC(=O)C(C)Oc1ccccc1C#N. The number of para-hydroxylation sites is 1. The summed E-state index contributed by atoms with van der Waals surface area (Å²) < 4.78 is 5.55. The highest BCUT2D eigenvalue weighted by Crippen LogP contribution is 2.19. The first-order valence-corrected chi connectivity index (χ1v) is 6.64. The van der Waals surface area contributed by atoms with Crippen molar-refractivity contribution < 1.29 is 9.53 Å². The summed E-state index contributed by atoms with van der Waals surface area (Å²) in [5.41, 5.74) is 1.32. The fourth-order valence-electron chi connectivity index (χ4n) is 1.82. The van der Waals surface area contributed by atoms with Crippen molar-refractivity contribution in [1.29, 1.82) is 5.26 Å². The highest BCUT2D eigenvalue weighted by atomic mass is 16.5. The fourth-order valence-corrected chi connectivity index (χ4v) is 1.82. The van der Waals surface area contributed by atoms with Gasteiger partial charge in [0.2, 0.25) is 0 Å². The zero-order valence-corrected chi connectivity index (χ0v) is 11.9. The van der Waals surface area contributed by atoms with Crippen LogP contribution in [0.25, 0.3) is 0 Å². The second kappa shape index (κ2) is 6.57. The number of aromatic nitrogens is 2. The van der Waals surface area contributed by atoms with Crippen LogP contribution in [0.3, 0.4) is 0 Å². The summed E-state index contributed by atoms with van der Waals surface area (Å²) in [6.07, 6.45) is 1.71. The molecule has 1 atom stereocenters. The Labute approximate surface area is 122 Å². The molecule has 2 aromatic rings. The lowest BCUT2D eigenvalue weighted by Crippen LogP contribution is -2.30. The molecule has 0 spiro atoms. The van der Waals surface area contributed by atoms with E-state index in [1.54, 1.807) is 37.4 Å². The highest BCUT2D eigenvalue weighted by Gasteiger charge is 2.18. The van der Waals surface area contributed by atoms with Crippen LogP contribution < -0.4 is 10.1 Å². The van der Waals surface area contributed by atoms with Crippen LogP contribution in [-0.4, -0.2) is 22.2 Å². The molecule has 0 fully saturated rings. The van der Waals surface area contributed by atoms with E-state index in [1.165, 1.54) is 0 Å². The molecule has 1 aromatic carbocycles. The van der Waals surface area contributed by atoms with Gasteiger partial charge in [-0.3, -0.25) is 9.89 Å². The molecular formula is C15H16N4O2. The number of carbonyl (C=O) groups excluding carboxylic acids is 1. The molecule has 0 aliphatic carbocycles. The van der Waals surface area contributed by atoms with Crippen LogP contribution in [0.1, 0.15) is 25.0 Å². The lowest BCUT2D eigenvalue weighted by Gasteiger charge is -2.15. The molecule has 0 aliphatic heterocycles. The van der Waals surface area contributed by atoms with Gasteiger partial charge in [0, 0.05) is 5.56 Å². The number of H-pyrrole nitrogens is 1. The molecule has 6 nitrogen and oxygen atoms in total. The summed E-state index contributed by atoms with van der Waals surface area (Å²) in [5.74, 6) is 0.663. The van der Waals surface area contributed by atoms with Crippen molar-refractivity contribution in [3.63, 3.8) is 0 Å². The van der Waals surface area contributed by atoms with Gasteiger partial charge in [-0.2, -0.15) is 10.4 Å². The van der Waals surface area contributed by atoms with E-state index >= 15 is 0 Å². The zero-order valence-electron chi connectivity index (χ0n) is 11.9. The van der Waals surface area contributed by atoms with Gasteiger partial charge in [-0.15, -0.1) is 0 Å². The van der Waals surface area contributed by atoms with E-state index in [0.29, 0.717) is 17.1 Å². The monoisotopic (exact) mass is 284 g/mol. The average Bonchev–Trinajstić information content (AvgIpc) is 2.94. The van der Waals surface area contributed by atoms with Crippen molar-refractivity contribution in [2.24, 2.45) is 0 Å². The molecule has 0 saturated carbocycles. The Morgan fingerprint density at radius 3 is 3.00 bits per heavy atom. The van der Waals surface area contributed by atoms with Gasteiger partial charge in [-0.05, 0) is 25.5 Å². The number of benzene rings is 1. The predicted molar refractivity (Wildman–Crippen MR) is 77.8 cm³/mol. The highest BCUT2D eigenvalue weighted by molar-refractivity contribution is 5.93. The van der Waals surface area contributed by atoms with Gasteiger partial charge in [0.15, 0.2) is 6.10 Å². The van der Waals surface area contributed by atoms with Crippen LogP contribution in [0, 0.1) is 11.3 Å². The summed E-state index contributed by atoms with van der Waals surface area (Å²) in [6, 6.07) is 8.84. The number of amides is 1. The number of anilines is 1. The lowest BCUT2D eigenvalue weighted by atomic mass is 10.2. The number of nitriles is 1. The Morgan fingerprint density at radius 2 is 2.29 bits per heavy atom. The summed E-state index contributed by atoms with van der Waals surface area (Å²) in [6.45, 7) is 3.61. The number of ether oxygens (including phenoxy) is 1. The van der Waals surface area contributed by atoms with E-state index in [2.05, 4.69) is 15.5 Å². The van der Waals surface area contributed by atoms with Crippen molar-refractivity contribution in [2.45, 2.75) is 26.4 Å². The standard InChI is InChI=1S/C15H16N4O2/c1-3-11-9-17-19-14(11)18-15(20)10(2)21-13-7-5-4-6-12(13)8-16/h4-7,9-10H,3H2,1-2H3,(H2,17,18,19,20). The Kier molecular flexibility index (Phi) is 4.57. The molecule has 6 heteroatoms.